The Morgan fingerprint density at radius 2 is 1.76 bits per heavy atom. The first-order valence-corrected chi connectivity index (χ1v) is 7.53. The van der Waals surface area contributed by atoms with E-state index in [2.05, 4.69) is 21.3 Å². The molecule has 4 aromatic rings. The van der Waals surface area contributed by atoms with Crippen molar-refractivity contribution in [3.63, 3.8) is 0 Å². The van der Waals surface area contributed by atoms with Gasteiger partial charge in [-0.3, -0.25) is 5.10 Å². The number of hydrogen-bond acceptors (Lipinski definition) is 5. The fraction of sp³-hybridized carbons (Fsp3) is 0. The first-order chi connectivity index (χ1) is 12.2. The number of nitriles is 1. The number of rotatable bonds is 2. The highest BCUT2D eigenvalue weighted by Gasteiger charge is 2.19. The van der Waals surface area contributed by atoms with E-state index in [1.165, 1.54) is 0 Å². The van der Waals surface area contributed by atoms with E-state index >= 15 is 0 Å². The average Bonchev–Trinajstić information content (AvgIpc) is 3.09. The summed E-state index contributed by atoms with van der Waals surface area (Å²) in [6.45, 7) is 0. The molecule has 0 saturated carbocycles. The van der Waals surface area contributed by atoms with Crippen LogP contribution < -0.4 is 0 Å². The number of aromatic hydroxyl groups is 2. The minimum Gasteiger partial charge on any atom is -0.508 e. The zero-order valence-corrected chi connectivity index (χ0v) is 12.9. The summed E-state index contributed by atoms with van der Waals surface area (Å²) in [6, 6.07) is 15.4. The van der Waals surface area contributed by atoms with Gasteiger partial charge in [0.15, 0.2) is 5.65 Å². The molecule has 0 aliphatic heterocycles. The van der Waals surface area contributed by atoms with Crippen molar-refractivity contribution in [2.75, 3.05) is 0 Å². The Kier molecular flexibility index (Phi) is 3.33. The van der Waals surface area contributed by atoms with E-state index < -0.39 is 0 Å². The van der Waals surface area contributed by atoms with Crippen molar-refractivity contribution in [2.24, 2.45) is 0 Å². The number of pyridine rings is 1. The number of nitrogens with zero attached hydrogens (tertiary/aromatic N) is 3. The van der Waals surface area contributed by atoms with E-state index in [1.807, 2.05) is 6.07 Å². The minimum atomic E-state index is 0.112. The number of fused-ring (bicyclic) bond motifs is 1. The van der Waals surface area contributed by atoms with Crippen molar-refractivity contribution in [3.05, 3.63) is 60.3 Å². The van der Waals surface area contributed by atoms with Crippen LogP contribution in [0.1, 0.15) is 5.56 Å². The topological polar surface area (TPSA) is 106 Å². The average molecular weight is 328 g/mol. The van der Waals surface area contributed by atoms with Crippen LogP contribution in [0, 0.1) is 11.3 Å². The van der Waals surface area contributed by atoms with Crippen molar-refractivity contribution in [2.45, 2.75) is 0 Å². The summed E-state index contributed by atoms with van der Waals surface area (Å²) in [7, 11) is 0. The molecule has 0 bridgehead atoms. The Bertz CT molecular complexity index is 1120. The van der Waals surface area contributed by atoms with Gasteiger partial charge >= 0.3 is 0 Å². The zero-order valence-electron chi connectivity index (χ0n) is 12.9. The molecule has 0 aliphatic carbocycles. The van der Waals surface area contributed by atoms with Gasteiger partial charge in [0.05, 0.1) is 17.5 Å². The second-order valence-corrected chi connectivity index (χ2v) is 5.55. The SMILES string of the molecule is N#Cc1c(-c2ccc(O)cc2)nc2[nH]ncc2c1-c1cccc(O)c1. The van der Waals surface area contributed by atoms with Crippen LogP contribution in [-0.2, 0) is 0 Å². The molecule has 0 aliphatic rings. The number of nitrogens with one attached hydrogen (secondary N) is 1. The molecule has 2 heterocycles. The van der Waals surface area contributed by atoms with Gasteiger partial charge in [0.25, 0.3) is 0 Å². The van der Waals surface area contributed by atoms with Crippen LogP contribution in [0.4, 0.5) is 0 Å². The molecule has 0 radical (unpaired) electrons. The number of aromatic nitrogens is 3. The van der Waals surface area contributed by atoms with Crippen molar-refractivity contribution >= 4 is 11.0 Å². The van der Waals surface area contributed by atoms with Gasteiger partial charge in [-0.25, -0.2) is 4.98 Å². The van der Waals surface area contributed by atoms with Crippen LogP contribution in [0.25, 0.3) is 33.4 Å². The van der Waals surface area contributed by atoms with Crippen molar-refractivity contribution in [1.82, 2.24) is 15.2 Å². The van der Waals surface area contributed by atoms with Crippen LogP contribution in [0.5, 0.6) is 11.5 Å². The summed E-state index contributed by atoms with van der Waals surface area (Å²) >= 11 is 0. The fourth-order valence-corrected chi connectivity index (χ4v) is 2.87. The van der Waals surface area contributed by atoms with Crippen LogP contribution in [0.2, 0.25) is 0 Å². The molecule has 4 rings (SSSR count). The second kappa shape index (κ2) is 5.65. The van der Waals surface area contributed by atoms with Crippen molar-refractivity contribution < 1.29 is 10.2 Å². The van der Waals surface area contributed by atoms with Gasteiger partial charge < -0.3 is 10.2 Å². The third kappa shape index (κ3) is 2.44. The highest BCUT2D eigenvalue weighted by molar-refractivity contribution is 5.99. The highest BCUT2D eigenvalue weighted by Crippen LogP contribution is 2.37. The fourth-order valence-electron chi connectivity index (χ4n) is 2.87. The first-order valence-electron chi connectivity index (χ1n) is 7.53. The van der Waals surface area contributed by atoms with Crippen LogP contribution in [-0.4, -0.2) is 25.4 Å². The van der Waals surface area contributed by atoms with E-state index in [-0.39, 0.29) is 11.5 Å². The zero-order chi connectivity index (χ0) is 17.4. The predicted octanol–water partition coefficient (Wildman–Crippen LogP) is 3.57. The van der Waals surface area contributed by atoms with E-state index in [4.69, 9.17) is 0 Å². The lowest BCUT2D eigenvalue weighted by Crippen LogP contribution is -1.95. The van der Waals surface area contributed by atoms with Crippen molar-refractivity contribution in [3.8, 4) is 40.0 Å². The maximum atomic E-state index is 9.83. The number of aromatic amines is 1. The molecule has 6 nitrogen and oxygen atoms in total. The molecule has 2 aromatic carbocycles. The van der Waals surface area contributed by atoms with Crippen LogP contribution in [0.3, 0.4) is 0 Å². The standard InChI is InChI=1S/C19H12N4O2/c20-9-15-17(12-2-1-3-14(25)8-12)16-10-21-23-19(16)22-18(15)11-4-6-13(24)7-5-11/h1-8,10,24-25H,(H,21,22,23). The molecule has 120 valence electrons. The first kappa shape index (κ1) is 14.7. The summed E-state index contributed by atoms with van der Waals surface area (Å²) in [4.78, 5) is 4.53. The van der Waals surface area contributed by atoms with E-state index in [0.29, 0.717) is 39.0 Å². The Morgan fingerprint density at radius 3 is 2.48 bits per heavy atom. The Morgan fingerprint density at radius 1 is 0.960 bits per heavy atom. The van der Waals surface area contributed by atoms with Crippen LogP contribution in [0.15, 0.2) is 54.7 Å². The summed E-state index contributed by atoms with van der Waals surface area (Å²) in [5.74, 6) is 0.249. The third-order valence-corrected chi connectivity index (χ3v) is 3.99. The van der Waals surface area contributed by atoms with E-state index in [1.54, 1.807) is 48.7 Å². The Hall–Kier alpha value is -3.85. The molecule has 25 heavy (non-hydrogen) atoms. The summed E-state index contributed by atoms with van der Waals surface area (Å²) < 4.78 is 0. The maximum Gasteiger partial charge on any atom is 0.156 e. The highest BCUT2D eigenvalue weighted by atomic mass is 16.3. The van der Waals surface area contributed by atoms with Gasteiger partial charge in [0, 0.05) is 16.5 Å². The molecule has 0 atom stereocenters. The number of phenolic OH excluding ortho intramolecular Hbond substituents is 2. The van der Waals surface area contributed by atoms with Gasteiger partial charge in [-0.15, -0.1) is 0 Å². The molecule has 6 heteroatoms. The monoisotopic (exact) mass is 328 g/mol. The third-order valence-electron chi connectivity index (χ3n) is 3.99. The molecular weight excluding hydrogens is 316 g/mol. The molecule has 2 aromatic heterocycles. The van der Waals surface area contributed by atoms with Gasteiger partial charge in [0.1, 0.15) is 17.6 Å². The minimum absolute atomic E-state index is 0.112. The summed E-state index contributed by atoms with van der Waals surface area (Å²) in [6.07, 6.45) is 1.61. The molecule has 0 spiro atoms. The molecule has 0 amide bonds. The van der Waals surface area contributed by atoms with Crippen LogP contribution >= 0.6 is 0 Å². The van der Waals surface area contributed by atoms with E-state index in [0.717, 1.165) is 0 Å². The summed E-state index contributed by atoms with van der Waals surface area (Å²) in [5.41, 5.74) is 3.46. The lowest BCUT2D eigenvalue weighted by Gasteiger charge is -2.11. The maximum absolute atomic E-state index is 9.83. The largest absolute Gasteiger partial charge is 0.508 e. The van der Waals surface area contributed by atoms with Gasteiger partial charge in [-0.1, -0.05) is 12.1 Å². The van der Waals surface area contributed by atoms with Gasteiger partial charge in [-0.05, 0) is 42.0 Å². The lowest BCUT2D eigenvalue weighted by atomic mass is 9.94. The molecule has 0 unspecified atom stereocenters. The molecule has 0 fully saturated rings. The van der Waals surface area contributed by atoms with E-state index in [9.17, 15) is 15.5 Å². The second-order valence-electron chi connectivity index (χ2n) is 5.55. The molecular formula is C19H12N4O2. The lowest BCUT2D eigenvalue weighted by molar-refractivity contribution is 0.475. The van der Waals surface area contributed by atoms with Gasteiger partial charge in [0.2, 0.25) is 0 Å². The quantitative estimate of drug-likeness (QED) is 0.521. The number of hydrogen-bond donors (Lipinski definition) is 3. The smallest absolute Gasteiger partial charge is 0.156 e. The summed E-state index contributed by atoms with van der Waals surface area (Å²) in [5, 5.41) is 36.7. The Labute approximate surface area is 142 Å². The van der Waals surface area contributed by atoms with Crippen molar-refractivity contribution in [1.29, 1.82) is 5.26 Å². The molecule has 3 N–H and O–H groups in total. The predicted molar refractivity (Wildman–Crippen MR) is 92.8 cm³/mol. The molecule has 0 saturated heterocycles. The number of H-pyrrole nitrogens is 1. The number of benzene rings is 2. The Balaban J connectivity index is 2.09. The number of phenols is 2. The normalized spacial score (nSPS) is 10.7. The van der Waals surface area contributed by atoms with Gasteiger partial charge in [-0.2, -0.15) is 10.4 Å².